The number of rotatable bonds is 5. The van der Waals surface area contributed by atoms with Crippen molar-refractivity contribution >= 4 is 17.3 Å². The fraction of sp³-hybridized carbons (Fsp3) is 0.357. The molecule has 0 fully saturated rings. The molecule has 0 spiro atoms. The lowest BCUT2D eigenvalue weighted by molar-refractivity contribution is 0.0951. The van der Waals surface area contributed by atoms with E-state index in [-0.39, 0.29) is 5.91 Å². The zero-order valence-corrected chi connectivity index (χ0v) is 11.9. The zero-order chi connectivity index (χ0) is 14.5. The fourth-order valence-corrected chi connectivity index (χ4v) is 1.74. The summed E-state index contributed by atoms with van der Waals surface area (Å²) in [5.41, 5.74) is 2.09. The van der Waals surface area contributed by atoms with Gasteiger partial charge < -0.3 is 10.6 Å². The number of hydrogen-bond acceptors (Lipinski definition) is 4. The largest absolute Gasteiger partial charge is 0.353 e. The van der Waals surface area contributed by atoms with Gasteiger partial charge in [0.05, 0.1) is 11.9 Å². The Morgan fingerprint density at radius 2 is 2.20 bits per heavy atom. The molecule has 6 nitrogen and oxygen atoms in total. The number of nitrogens with zero attached hydrogens (tertiary/aromatic N) is 3. The van der Waals surface area contributed by atoms with E-state index >= 15 is 0 Å². The molecule has 1 amide bonds. The average molecular weight is 273 g/mol. The summed E-state index contributed by atoms with van der Waals surface area (Å²) in [5, 5.41) is 10.2. The van der Waals surface area contributed by atoms with Crippen molar-refractivity contribution < 1.29 is 4.79 Å². The van der Waals surface area contributed by atoms with Crippen molar-refractivity contribution in [3.8, 4) is 0 Å². The van der Waals surface area contributed by atoms with Crippen LogP contribution in [0.25, 0.3) is 0 Å². The minimum Gasteiger partial charge on any atom is -0.353 e. The highest BCUT2D eigenvalue weighted by molar-refractivity contribution is 5.93. The molecule has 0 saturated carbocycles. The van der Waals surface area contributed by atoms with Crippen molar-refractivity contribution in [2.45, 2.75) is 26.8 Å². The van der Waals surface area contributed by atoms with E-state index in [1.807, 2.05) is 23.9 Å². The number of nitrogens with one attached hydrogen (secondary N) is 2. The molecule has 0 aliphatic rings. The normalized spacial score (nSPS) is 10.6. The second-order valence-corrected chi connectivity index (χ2v) is 4.72. The maximum absolute atomic E-state index is 11.7. The summed E-state index contributed by atoms with van der Waals surface area (Å²) in [7, 11) is 0. The van der Waals surface area contributed by atoms with Gasteiger partial charge in [-0.2, -0.15) is 5.10 Å². The molecule has 0 aliphatic carbocycles. The standard InChI is InChI=1S/C14H19N5O/c1-4-15-14(20)13-7-11(5-6-16-13)18-12-8-17-19(9-12)10(2)3/h5-10H,4H2,1-3H3,(H,15,20)(H,16,18). The summed E-state index contributed by atoms with van der Waals surface area (Å²) < 4.78 is 1.87. The molecule has 6 heteroatoms. The Kier molecular flexibility index (Phi) is 4.34. The third kappa shape index (κ3) is 3.34. The second kappa shape index (κ2) is 6.18. The van der Waals surface area contributed by atoms with E-state index in [1.165, 1.54) is 0 Å². The van der Waals surface area contributed by atoms with Crippen LogP contribution in [0.3, 0.4) is 0 Å². The summed E-state index contributed by atoms with van der Waals surface area (Å²) in [6.07, 6.45) is 5.29. The molecular formula is C14H19N5O. The number of aromatic nitrogens is 3. The minimum atomic E-state index is -0.172. The third-order valence-corrected chi connectivity index (χ3v) is 2.75. The molecule has 20 heavy (non-hydrogen) atoms. The maximum atomic E-state index is 11.7. The van der Waals surface area contributed by atoms with E-state index in [1.54, 1.807) is 18.5 Å². The van der Waals surface area contributed by atoms with Crippen LogP contribution in [0.2, 0.25) is 0 Å². The number of pyridine rings is 1. The van der Waals surface area contributed by atoms with Crippen LogP contribution in [0.15, 0.2) is 30.7 Å². The summed E-state index contributed by atoms with van der Waals surface area (Å²) in [5.74, 6) is -0.172. The Balaban J connectivity index is 2.12. The van der Waals surface area contributed by atoms with Gasteiger partial charge in [-0.15, -0.1) is 0 Å². The third-order valence-electron chi connectivity index (χ3n) is 2.75. The van der Waals surface area contributed by atoms with E-state index in [2.05, 4.69) is 34.6 Å². The van der Waals surface area contributed by atoms with Gasteiger partial charge in [0.2, 0.25) is 0 Å². The van der Waals surface area contributed by atoms with Gasteiger partial charge in [0.25, 0.3) is 5.91 Å². The molecule has 0 aromatic carbocycles. The molecular weight excluding hydrogens is 254 g/mol. The van der Waals surface area contributed by atoms with Crippen LogP contribution in [0.5, 0.6) is 0 Å². The molecule has 0 aliphatic heterocycles. The van der Waals surface area contributed by atoms with Crippen molar-refractivity contribution in [1.29, 1.82) is 0 Å². The number of hydrogen-bond donors (Lipinski definition) is 2. The van der Waals surface area contributed by atoms with E-state index in [9.17, 15) is 4.79 Å². The van der Waals surface area contributed by atoms with Gasteiger partial charge in [-0.25, -0.2) is 0 Å². The molecule has 0 bridgehead atoms. The molecule has 0 unspecified atom stereocenters. The first-order valence-corrected chi connectivity index (χ1v) is 6.65. The van der Waals surface area contributed by atoms with Gasteiger partial charge in [0.1, 0.15) is 5.69 Å². The SMILES string of the molecule is CCNC(=O)c1cc(Nc2cnn(C(C)C)c2)ccn1. The Morgan fingerprint density at radius 1 is 1.40 bits per heavy atom. The van der Waals surface area contributed by atoms with Gasteiger partial charge in [-0.3, -0.25) is 14.5 Å². The topological polar surface area (TPSA) is 71.8 Å². The predicted octanol–water partition coefficient (Wildman–Crippen LogP) is 2.35. The lowest BCUT2D eigenvalue weighted by atomic mass is 10.3. The van der Waals surface area contributed by atoms with E-state index < -0.39 is 0 Å². The number of carbonyl (C=O) groups is 1. The Bertz CT molecular complexity index is 591. The van der Waals surface area contributed by atoms with Crippen molar-refractivity contribution in [2.75, 3.05) is 11.9 Å². The average Bonchev–Trinajstić information content (AvgIpc) is 2.88. The van der Waals surface area contributed by atoms with Crippen LogP contribution in [0.1, 0.15) is 37.3 Å². The molecule has 2 N–H and O–H groups in total. The first-order chi connectivity index (χ1) is 9.60. The highest BCUT2D eigenvalue weighted by Crippen LogP contribution is 2.17. The van der Waals surface area contributed by atoms with E-state index in [0.717, 1.165) is 11.4 Å². The Labute approximate surface area is 118 Å². The molecule has 2 aromatic heterocycles. The first-order valence-electron chi connectivity index (χ1n) is 6.65. The fourth-order valence-electron chi connectivity index (χ4n) is 1.74. The van der Waals surface area contributed by atoms with E-state index in [4.69, 9.17) is 0 Å². The van der Waals surface area contributed by atoms with Gasteiger partial charge in [-0.1, -0.05) is 0 Å². The quantitative estimate of drug-likeness (QED) is 0.877. The van der Waals surface area contributed by atoms with Gasteiger partial charge in [-0.05, 0) is 32.9 Å². The van der Waals surface area contributed by atoms with E-state index in [0.29, 0.717) is 18.3 Å². The van der Waals surface area contributed by atoms with Crippen molar-refractivity contribution in [2.24, 2.45) is 0 Å². The highest BCUT2D eigenvalue weighted by atomic mass is 16.1. The van der Waals surface area contributed by atoms with Crippen LogP contribution in [-0.4, -0.2) is 27.2 Å². The summed E-state index contributed by atoms with van der Waals surface area (Å²) in [4.78, 5) is 15.8. The first kappa shape index (κ1) is 14.0. The Morgan fingerprint density at radius 3 is 2.85 bits per heavy atom. The van der Waals surface area contributed by atoms with Crippen LogP contribution >= 0.6 is 0 Å². The predicted molar refractivity (Wildman–Crippen MR) is 78.1 cm³/mol. The molecule has 0 radical (unpaired) electrons. The van der Waals surface area contributed by atoms with Crippen LogP contribution in [0.4, 0.5) is 11.4 Å². The van der Waals surface area contributed by atoms with Gasteiger partial charge in [0, 0.05) is 30.7 Å². The second-order valence-electron chi connectivity index (χ2n) is 4.72. The van der Waals surface area contributed by atoms with Crippen molar-refractivity contribution in [1.82, 2.24) is 20.1 Å². The van der Waals surface area contributed by atoms with Crippen LogP contribution < -0.4 is 10.6 Å². The smallest absolute Gasteiger partial charge is 0.269 e. The Hall–Kier alpha value is -2.37. The molecule has 0 atom stereocenters. The number of anilines is 2. The molecule has 2 aromatic rings. The lowest BCUT2D eigenvalue weighted by Crippen LogP contribution is -2.23. The zero-order valence-electron chi connectivity index (χ0n) is 11.9. The van der Waals surface area contributed by atoms with Crippen LogP contribution in [-0.2, 0) is 0 Å². The molecule has 2 rings (SSSR count). The highest BCUT2D eigenvalue weighted by Gasteiger charge is 2.07. The lowest BCUT2D eigenvalue weighted by Gasteiger charge is -2.06. The maximum Gasteiger partial charge on any atom is 0.269 e. The monoisotopic (exact) mass is 273 g/mol. The summed E-state index contributed by atoms with van der Waals surface area (Å²) in [6.45, 7) is 6.59. The summed E-state index contributed by atoms with van der Waals surface area (Å²) >= 11 is 0. The number of carbonyl (C=O) groups excluding carboxylic acids is 1. The van der Waals surface area contributed by atoms with Crippen molar-refractivity contribution in [3.63, 3.8) is 0 Å². The number of amides is 1. The van der Waals surface area contributed by atoms with Gasteiger partial charge >= 0.3 is 0 Å². The van der Waals surface area contributed by atoms with Crippen molar-refractivity contribution in [3.05, 3.63) is 36.4 Å². The van der Waals surface area contributed by atoms with Crippen LogP contribution in [0, 0.1) is 0 Å². The summed E-state index contributed by atoms with van der Waals surface area (Å²) in [6, 6.07) is 3.85. The molecule has 2 heterocycles. The minimum absolute atomic E-state index is 0.172. The van der Waals surface area contributed by atoms with Gasteiger partial charge in [0.15, 0.2) is 0 Å². The molecule has 106 valence electrons. The molecule has 0 saturated heterocycles.